The highest BCUT2D eigenvalue weighted by molar-refractivity contribution is 7.10. The zero-order valence-corrected chi connectivity index (χ0v) is 11.3. The van der Waals surface area contributed by atoms with Crippen molar-refractivity contribution in [3.63, 3.8) is 0 Å². The molecule has 0 saturated heterocycles. The van der Waals surface area contributed by atoms with E-state index in [2.05, 4.69) is 41.9 Å². The van der Waals surface area contributed by atoms with Crippen molar-refractivity contribution in [2.45, 2.75) is 26.4 Å². The lowest BCUT2D eigenvalue weighted by Gasteiger charge is -2.06. The van der Waals surface area contributed by atoms with Gasteiger partial charge in [0.1, 0.15) is 5.75 Å². The van der Waals surface area contributed by atoms with Crippen LogP contribution in [0.2, 0.25) is 0 Å². The lowest BCUT2D eigenvalue weighted by molar-refractivity contribution is 0.357. The highest BCUT2D eigenvalue weighted by Crippen LogP contribution is 2.25. The van der Waals surface area contributed by atoms with Gasteiger partial charge in [-0.25, -0.2) is 0 Å². The standard InChI is InChI=1S/C15H17NOS/c1-11-5-7-18-15(11)10-16-9-12-2-3-14-13(8-12)4-6-17-14/h2-3,5,7-8,16H,4,6,9-10H2,1H3. The minimum atomic E-state index is 0.834. The van der Waals surface area contributed by atoms with Crippen molar-refractivity contribution >= 4 is 11.3 Å². The van der Waals surface area contributed by atoms with E-state index in [9.17, 15) is 0 Å². The zero-order chi connectivity index (χ0) is 12.4. The Hall–Kier alpha value is -1.32. The summed E-state index contributed by atoms with van der Waals surface area (Å²) >= 11 is 1.82. The third-order valence-corrected chi connectivity index (χ3v) is 4.36. The van der Waals surface area contributed by atoms with E-state index in [1.165, 1.54) is 21.6 Å². The molecule has 0 bridgehead atoms. The van der Waals surface area contributed by atoms with Crippen molar-refractivity contribution in [2.24, 2.45) is 0 Å². The predicted octanol–water partition coefficient (Wildman–Crippen LogP) is 3.28. The minimum absolute atomic E-state index is 0.834. The van der Waals surface area contributed by atoms with Gasteiger partial charge in [-0.2, -0.15) is 0 Å². The van der Waals surface area contributed by atoms with Gasteiger partial charge in [0.05, 0.1) is 6.61 Å². The van der Waals surface area contributed by atoms with Gasteiger partial charge >= 0.3 is 0 Å². The molecule has 18 heavy (non-hydrogen) atoms. The molecule has 2 nitrogen and oxygen atoms in total. The highest BCUT2D eigenvalue weighted by Gasteiger charge is 2.11. The molecule has 1 aromatic carbocycles. The first-order chi connectivity index (χ1) is 8.83. The van der Waals surface area contributed by atoms with Crippen LogP contribution in [-0.4, -0.2) is 6.61 Å². The fraction of sp³-hybridized carbons (Fsp3) is 0.333. The van der Waals surface area contributed by atoms with Crippen molar-refractivity contribution in [3.8, 4) is 5.75 Å². The first kappa shape index (κ1) is 11.8. The normalized spacial score (nSPS) is 13.4. The van der Waals surface area contributed by atoms with Crippen molar-refractivity contribution in [1.29, 1.82) is 0 Å². The molecular weight excluding hydrogens is 242 g/mol. The summed E-state index contributed by atoms with van der Waals surface area (Å²) < 4.78 is 5.51. The first-order valence-electron chi connectivity index (χ1n) is 6.31. The van der Waals surface area contributed by atoms with Gasteiger partial charge in [0.2, 0.25) is 0 Å². The number of rotatable bonds is 4. The molecule has 1 aromatic heterocycles. The SMILES string of the molecule is Cc1ccsc1CNCc1ccc2c(c1)CCO2. The van der Waals surface area contributed by atoms with E-state index in [-0.39, 0.29) is 0 Å². The Morgan fingerprint density at radius 3 is 3.06 bits per heavy atom. The van der Waals surface area contributed by atoms with Gasteiger partial charge in [-0.15, -0.1) is 11.3 Å². The molecule has 0 fully saturated rings. The quantitative estimate of drug-likeness (QED) is 0.910. The van der Waals surface area contributed by atoms with Crippen LogP contribution in [0.3, 0.4) is 0 Å². The Kier molecular flexibility index (Phi) is 3.35. The summed E-state index contributed by atoms with van der Waals surface area (Å²) in [6.07, 6.45) is 1.05. The highest BCUT2D eigenvalue weighted by atomic mass is 32.1. The summed E-state index contributed by atoms with van der Waals surface area (Å²) in [7, 11) is 0. The van der Waals surface area contributed by atoms with E-state index in [4.69, 9.17) is 4.74 Å². The lowest BCUT2D eigenvalue weighted by Crippen LogP contribution is -2.12. The molecule has 2 aromatic rings. The number of benzene rings is 1. The molecule has 2 heterocycles. The van der Waals surface area contributed by atoms with Crippen LogP contribution >= 0.6 is 11.3 Å². The molecule has 0 amide bonds. The first-order valence-corrected chi connectivity index (χ1v) is 7.19. The van der Waals surface area contributed by atoms with Crippen LogP contribution in [0.1, 0.15) is 21.6 Å². The van der Waals surface area contributed by atoms with Crippen LogP contribution < -0.4 is 10.1 Å². The third kappa shape index (κ3) is 2.42. The molecule has 3 heteroatoms. The summed E-state index contributed by atoms with van der Waals surface area (Å²) in [6.45, 7) is 4.88. The maximum absolute atomic E-state index is 5.51. The minimum Gasteiger partial charge on any atom is -0.493 e. The summed E-state index contributed by atoms with van der Waals surface area (Å²) in [5, 5.41) is 5.66. The molecular formula is C15H17NOS. The van der Waals surface area contributed by atoms with Crippen LogP contribution in [0.4, 0.5) is 0 Å². The molecule has 0 spiro atoms. The number of fused-ring (bicyclic) bond motifs is 1. The van der Waals surface area contributed by atoms with Gasteiger partial charge < -0.3 is 10.1 Å². The topological polar surface area (TPSA) is 21.3 Å². The summed E-state index contributed by atoms with van der Waals surface area (Å²) in [5.41, 5.74) is 4.07. The number of hydrogen-bond donors (Lipinski definition) is 1. The number of nitrogens with one attached hydrogen (secondary N) is 1. The number of aryl methyl sites for hydroxylation is 1. The van der Waals surface area contributed by atoms with E-state index >= 15 is 0 Å². The smallest absolute Gasteiger partial charge is 0.122 e. The van der Waals surface area contributed by atoms with Crippen LogP contribution in [-0.2, 0) is 19.5 Å². The van der Waals surface area contributed by atoms with Crippen molar-refractivity contribution in [2.75, 3.05) is 6.61 Å². The Bertz CT molecular complexity index is 547. The molecule has 0 unspecified atom stereocenters. The lowest BCUT2D eigenvalue weighted by atomic mass is 10.1. The molecule has 1 aliphatic rings. The Balaban J connectivity index is 1.59. The second-order valence-corrected chi connectivity index (χ2v) is 5.67. The largest absolute Gasteiger partial charge is 0.493 e. The molecule has 0 atom stereocenters. The molecule has 0 saturated carbocycles. The Morgan fingerprint density at radius 2 is 2.22 bits per heavy atom. The Morgan fingerprint density at radius 1 is 1.28 bits per heavy atom. The van der Waals surface area contributed by atoms with Crippen LogP contribution in [0, 0.1) is 6.92 Å². The molecule has 94 valence electrons. The van der Waals surface area contributed by atoms with Crippen LogP contribution in [0.15, 0.2) is 29.6 Å². The maximum atomic E-state index is 5.51. The average Bonchev–Trinajstić information content (AvgIpc) is 2.98. The van der Waals surface area contributed by atoms with Crippen molar-refractivity contribution in [1.82, 2.24) is 5.32 Å². The van der Waals surface area contributed by atoms with Crippen LogP contribution in [0.5, 0.6) is 5.75 Å². The van der Waals surface area contributed by atoms with Gasteiger partial charge in [0, 0.05) is 24.4 Å². The second-order valence-electron chi connectivity index (χ2n) is 4.67. The molecule has 1 aliphatic heterocycles. The van der Waals surface area contributed by atoms with Crippen molar-refractivity contribution < 1.29 is 4.74 Å². The Labute approximate surface area is 112 Å². The van der Waals surface area contributed by atoms with Crippen LogP contribution in [0.25, 0.3) is 0 Å². The van der Waals surface area contributed by atoms with E-state index < -0.39 is 0 Å². The van der Waals surface area contributed by atoms with Gasteiger partial charge in [-0.3, -0.25) is 0 Å². The van der Waals surface area contributed by atoms with Crippen molar-refractivity contribution in [3.05, 3.63) is 51.2 Å². The van der Waals surface area contributed by atoms with Gasteiger partial charge in [-0.1, -0.05) is 12.1 Å². The summed E-state index contributed by atoms with van der Waals surface area (Å²) in [4.78, 5) is 1.43. The van der Waals surface area contributed by atoms with Gasteiger partial charge in [0.15, 0.2) is 0 Å². The summed E-state index contributed by atoms with van der Waals surface area (Å²) in [5.74, 6) is 1.06. The maximum Gasteiger partial charge on any atom is 0.122 e. The second kappa shape index (κ2) is 5.12. The van der Waals surface area contributed by atoms with Gasteiger partial charge in [-0.05, 0) is 41.1 Å². The predicted molar refractivity (Wildman–Crippen MR) is 75.2 cm³/mol. The molecule has 1 N–H and O–H groups in total. The number of thiophene rings is 1. The third-order valence-electron chi connectivity index (χ3n) is 3.34. The van der Waals surface area contributed by atoms with E-state index in [1.54, 1.807) is 0 Å². The van der Waals surface area contributed by atoms with E-state index in [0.29, 0.717) is 0 Å². The van der Waals surface area contributed by atoms with E-state index in [1.807, 2.05) is 11.3 Å². The molecule has 0 aliphatic carbocycles. The zero-order valence-electron chi connectivity index (χ0n) is 10.5. The number of hydrogen-bond acceptors (Lipinski definition) is 3. The van der Waals surface area contributed by atoms with E-state index in [0.717, 1.165) is 31.9 Å². The fourth-order valence-corrected chi connectivity index (χ4v) is 3.13. The average molecular weight is 259 g/mol. The fourth-order valence-electron chi connectivity index (χ4n) is 2.26. The monoisotopic (exact) mass is 259 g/mol. The molecule has 0 radical (unpaired) electrons. The number of ether oxygens (including phenoxy) is 1. The molecule has 3 rings (SSSR count). The van der Waals surface area contributed by atoms with Gasteiger partial charge in [0.25, 0.3) is 0 Å². The summed E-state index contributed by atoms with van der Waals surface area (Å²) in [6, 6.07) is 8.68.